The molecule has 0 unspecified atom stereocenters. The van der Waals surface area contributed by atoms with Crippen molar-refractivity contribution in [2.45, 2.75) is 43.4 Å². The van der Waals surface area contributed by atoms with E-state index in [2.05, 4.69) is 26.6 Å². The van der Waals surface area contributed by atoms with Crippen molar-refractivity contribution in [3.8, 4) is 0 Å². The highest BCUT2D eigenvalue weighted by Gasteiger charge is 2.19. The molecule has 0 heterocycles. The molecule has 0 radical (unpaired) electrons. The summed E-state index contributed by atoms with van der Waals surface area (Å²) in [5.41, 5.74) is -0.369. The van der Waals surface area contributed by atoms with Crippen molar-refractivity contribution in [1.82, 2.24) is 10.6 Å². The number of imide groups is 1. The molecule has 0 fully saturated rings. The Morgan fingerprint density at radius 2 is 1.75 bits per heavy atom. The van der Waals surface area contributed by atoms with Gasteiger partial charge < -0.3 is 5.32 Å². The summed E-state index contributed by atoms with van der Waals surface area (Å²) in [6, 6.07) is 7.21. The van der Waals surface area contributed by atoms with E-state index in [-0.39, 0.29) is 16.7 Å². The fourth-order valence-corrected chi connectivity index (χ4v) is 2.49. The Labute approximate surface area is 132 Å². The predicted octanol–water partition coefficient (Wildman–Crippen LogP) is 3.55. The largest absolute Gasteiger partial charge is 0.333 e. The van der Waals surface area contributed by atoms with Crippen LogP contribution in [0, 0.1) is 0 Å². The Kier molecular flexibility index (Phi) is 6.07. The molecule has 1 aromatic carbocycles. The van der Waals surface area contributed by atoms with Crippen molar-refractivity contribution < 1.29 is 9.59 Å². The molecule has 110 valence electrons. The maximum atomic E-state index is 11.9. The molecule has 3 amide bonds. The fraction of sp³-hybridized carbons (Fsp3) is 0.429. The minimum absolute atomic E-state index is 0.306. The highest BCUT2D eigenvalue weighted by molar-refractivity contribution is 9.10. The van der Waals surface area contributed by atoms with Crippen molar-refractivity contribution in [2.75, 3.05) is 0 Å². The first-order valence-corrected chi connectivity index (χ1v) is 7.90. The smallest absolute Gasteiger partial charge is 0.321 e. The van der Waals surface area contributed by atoms with Gasteiger partial charge in [-0.1, -0.05) is 15.9 Å². The zero-order valence-corrected chi connectivity index (χ0v) is 14.4. The van der Waals surface area contributed by atoms with Crippen LogP contribution in [0.25, 0.3) is 0 Å². The van der Waals surface area contributed by atoms with Crippen LogP contribution in [0.15, 0.2) is 33.6 Å². The SMILES string of the molecule is C[C@@H](Sc1ccc(Br)cc1)C(=O)NC(=O)NC(C)(C)C. The Balaban J connectivity index is 2.51. The standard InChI is InChI=1S/C14H19BrN2O2S/c1-9(20-11-7-5-10(15)6-8-11)12(18)16-13(19)17-14(2,3)4/h5-9H,1-4H3,(H2,16,17,18,19)/t9-/m1/s1. The van der Waals surface area contributed by atoms with Gasteiger partial charge in [0.05, 0.1) is 5.25 Å². The van der Waals surface area contributed by atoms with Crippen molar-refractivity contribution in [2.24, 2.45) is 0 Å². The minimum atomic E-state index is -0.467. The molecule has 2 N–H and O–H groups in total. The second kappa shape index (κ2) is 7.13. The molecule has 1 rings (SSSR count). The third-order valence-corrected chi connectivity index (χ3v) is 3.86. The lowest BCUT2D eigenvalue weighted by Gasteiger charge is -2.21. The van der Waals surface area contributed by atoms with Gasteiger partial charge in [-0.05, 0) is 52.0 Å². The van der Waals surface area contributed by atoms with Gasteiger partial charge in [-0.25, -0.2) is 4.79 Å². The minimum Gasteiger partial charge on any atom is -0.333 e. The van der Waals surface area contributed by atoms with Crippen LogP contribution >= 0.6 is 27.7 Å². The van der Waals surface area contributed by atoms with E-state index in [1.165, 1.54) is 11.8 Å². The lowest BCUT2D eigenvalue weighted by Crippen LogP contribution is -2.49. The number of carbonyl (C=O) groups excluding carboxylic acids is 2. The molecule has 4 nitrogen and oxygen atoms in total. The van der Waals surface area contributed by atoms with Crippen LogP contribution in [0.4, 0.5) is 4.79 Å². The number of thioether (sulfide) groups is 1. The number of urea groups is 1. The maximum Gasteiger partial charge on any atom is 0.321 e. The van der Waals surface area contributed by atoms with Crippen LogP contribution in [0.1, 0.15) is 27.7 Å². The van der Waals surface area contributed by atoms with Crippen LogP contribution in [0.5, 0.6) is 0 Å². The van der Waals surface area contributed by atoms with E-state index in [0.29, 0.717) is 0 Å². The van der Waals surface area contributed by atoms with Crippen molar-refractivity contribution >= 4 is 39.6 Å². The molecule has 0 saturated heterocycles. The quantitative estimate of drug-likeness (QED) is 0.812. The van der Waals surface area contributed by atoms with E-state index < -0.39 is 6.03 Å². The predicted molar refractivity (Wildman–Crippen MR) is 85.9 cm³/mol. The number of carbonyl (C=O) groups is 2. The maximum absolute atomic E-state index is 11.9. The Morgan fingerprint density at radius 1 is 1.20 bits per heavy atom. The Morgan fingerprint density at radius 3 is 2.25 bits per heavy atom. The molecule has 6 heteroatoms. The number of amides is 3. The second-order valence-corrected chi connectivity index (χ2v) is 7.74. The fourth-order valence-electron chi connectivity index (χ4n) is 1.36. The molecule has 0 aliphatic rings. The summed E-state index contributed by atoms with van der Waals surface area (Å²) < 4.78 is 0.989. The van der Waals surface area contributed by atoms with Gasteiger partial charge in [0.15, 0.2) is 0 Å². The Hall–Kier alpha value is -1.01. The summed E-state index contributed by atoms with van der Waals surface area (Å²) >= 11 is 4.77. The van der Waals surface area contributed by atoms with Gasteiger partial charge in [-0.2, -0.15) is 0 Å². The monoisotopic (exact) mass is 358 g/mol. The van der Waals surface area contributed by atoms with E-state index in [4.69, 9.17) is 0 Å². The summed E-state index contributed by atoms with van der Waals surface area (Å²) in [6.45, 7) is 7.34. The summed E-state index contributed by atoms with van der Waals surface area (Å²) in [5, 5.41) is 4.69. The summed E-state index contributed by atoms with van der Waals surface area (Å²) in [7, 11) is 0. The lowest BCUT2D eigenvalue weighted by atomic mass is 10.1. The van der Waals surface area contributed by atoms with Gasteiger partial charge in [-0.3, -0.25) is 10.1 Å². The molecule has 1 atom stereocenters. The number of hydrogen-bond donors (Lipinski definition) is 2. The van der Waals surface area contributed by atoms with Gasteiger partial charge in [0, 0.05) is 14.9 Å². The van der Waals surface area contributed by atoms with Gasteiger partial charge in [0.25, 0.3) is 0 Å². The molecule has 0 bridgehead atoms. The molecule has 0 aromatic heterocycles. The van der Waals surface area contributed by atoms with Crippen LogP contribution in [0.2, 0.25) is 0 Å². The molecular formula is C14H19BrN2O2S. The van der Waals surface area contributed by atoms with E-state index in [1.54, 1.807) is 6.92 Å². The first-order valence-electron chi connectivity index (χ1n) is 6.22. The van der Waals surface area contributed by atoms with E-state index in [9.17, 15) is 9.59 Å². The molecule has 0 spiro atoms. The number of benzene rings is 1. The summed E-state index contributed by atoms with van der Waals surface area (Å²) in [5.74, 6) is -0.306. The van der Waals surface area contributed by atoms with E-state index in [1.807, 2.05) is 45.0 Å². The second-order valence-electron chi connectivity index (χ2n) is 5.41. The number of nitrogens with one attached hydrogen (secondary N) is 2. The molecule has 0 aliphatic carbocycles. The van der Waals surface area contributed by atoms with Crippen LogP contribution in [-0.4, -0.2) is 22.7 Å². The van der Waals surface area contributed by atoms with Gasteiger partial charge in [0.1, 0.15) is 0 Å². The van der Waals surface area contributed by atoms with Crippen LogP contribution in [0.3, 0.4) is 0 Å². The van der Waals surface area contributed by atoms with Gasteiger partial charge >= 0.3 is 6.03 Å². The lowest BCUT2D eigenvalue weighted by molar-refractivity contribution is -0.119. The van der Waals surface area contributed by atoms with E-state index in [0.717, 1.165) is 9.37 Å². The van der Waals surface area contributed by atoms with Crippen molar-refractivity contribution in [3.05, 3.63) is 28.7 Å². The molecule has 0 saturated carbocycles. The topological polar surface area (TPSA) is 58.2 Å². The molecular weight excluding hydrogens is 340 g/mol. The average Bonchev–Trinajstić information content (AvgIpc) is 2.29. The first kappa shape index (κ1) is 17.0. The summed E-state index contributed by atoms with van der Waals surface area (Å²) in [6.07, 6.45) is 0. The van der Waals surface area contributed by atoms with Crippen molar-refractivity contribution in [1.29, 1.82) is 0 Å². The molecule has 1 aromatic rings. The third kappa shape index (κ3) is 6.43. The first-order chi connectivity index (χ1) is 9.17. The zero-order valence-electron chi connectivity index (χ0n) is 12.0. The number of hydrogen-bond acceptors (Lipinski definition) is 3. The third-order valence-electron chi connectivity index (χ3n) is 2.22. The Bertz CT molecular complexity index is 483. The normalized spacial score (nSPS) is 12.7. The van der Waals surface area contributed by atoms with Crippen LogP contribution in [-0.2, 0) is 4.79 Å². The summed E-state index contributed by atoms with van der Waals surface area (Å²) in [4.78, 5) is 24.5. The molecule has 20 heavy (non-hydrogen) atoms. The highest BCUT2D eigenvalue weighted by atomic mass is 79.9. The average molecular weight is 359 g/mol. The van der Waals surface area contributed by atoms with Gasteiger partial charge in [-0.15, -0.1) is 11.8 Å². The van der Waals surface area contributed by atoms with Crippen LogP contribution < -0.4 is 10.6 Å². The van der Waals surface area contributed by atoms with Gasteiger partial charge in [0.2, 0.25) is 5.91 Å². The molecule has 0 aliphatic heterocycles. The van der Waals surface area contributed by atoms with Crippen molar-refractivity contribution in [3.63, 3.8) is 0 Å². The highest BCUT2D eigenvalue weighted by Crippen LogP contribution is 2.24. The number of rotatable bonds is 3. The number of halogens is 1. The zero-order chi connectivity index (χ0) is 15.3. The van der Waals surface area contributed by atoms with E-state index >= 15 is 0 Å².